The van der Waals surface area contributed by atoms with E-state index in [1.165, 1.54) is 24.5 Å². The zero-order valence-corrected chi connectivity index (χ0v) is 16.0. The number of hydrogen-bond acceptors (Lipinski definition) is 4. The van der Waals surface area contributed by atoms with Crippen LogP contribution in [0.5, 0.6) is 0 Å². The number of alkyl halides is 3. The van der Waals surface area contributed by atoms with E-state index >= 15 is 0 Å². The highest BCUT2D eigenvalue weighted by atomic mass is 35.5. The highest BCUT2D eigenvalue weighted by molar-refractivity contribution is 6.36. The van der Waals surface area contributed by atoms with Gasteiger partial charge in [-0.15, -0.1) is 0 Å². The average molecular weight is 445 g/mol. The second-order valence-corrected chi connectivity index (χ2v) is 7.28. The Morgan fingerprint density at radius 2 is 2.10 bits per heavy atom. The summed E-state index contributed by atoms with van der Waals surface area (Å²) in [4.78, 5) is 12.7. The fraction of sp³-hybridized carbons (Fsp3) is 0.222. The highest BCUT2D eigenvalue weighted by Gasteiger charge is 2.47. The third-order valence-corrected chi connectivity index (χ3v) is 5.10. The Balaban J connectivity index is 1.69. The van der Waals surface area contributed by atoms with Gasteiger partial charge >= 0.3 is 6.18 Å². The molecule has 1 amide bonds. The number of benzene rings is 1. The second-order valence-electron chi connectivity index (χ2n) is 6.44. The number of carbonyl (C=O) groups excluding carboxylic acids is 1. The van der Waals surface area contributed by atoms with E-state index in [0.29, 0.717) is 10.8 Å². The van der Waals surface area contributed by atoms with Crippen LogP contribution in [-0.2, 0) is 0 Å². The van der Waals surface area contributed by atoms with Crippen LogP contribution in [0.1, 0.15) is 34.6 Å². The summed E-state index contributed by atoms with van der Waals surface area (Å²) in [7, 11) is 0. The number of amides is 1. The lowest BCUT2D eigenvalue weighted by Gasteiger charge is -2.32. The van der Waals surface area contributed by atoms with Crippen LogP contribution >= 0.6 is 23.2 Å². The van der Waals surface area contributed by atoms with Gasteiger partial charge in [-0.3, -0.25) is 4.79 Å². The van der Waals surface area contributed by atoms with E-state index in [2.05, 4.69) is 15.7 Å². The van der Waals surface area contributed by atoms with Gasteiger partial charge in [-0.1, -0.05) is 23.2 Å². The molecule has 29 heavy (non-hydrogen) atoms. The molecule has 0 radical (unpaired) electrons. The smallest absolute Gasteiger partial charge is 0.410 e. The molecule has 0 bridgehead atoms. The first-order valence-corrected chi connectivity index (χ1v) is 9.20. The van der Waals surface area contributed by atoms with E-state index in [0.717, 1.165) is 10.9 Å². The van der Waals surface area contributed by atoms with Gasteiger partial charge in [0.2, 0.25) is 0 Å². The summed E-state index contributed by atoms with van der Waals surface area (Å²) in [6.45, 7) is 0. The molecule has 3 aromatic rings. The van der Waals surface area contributed by atoms with Crippen LogP contribution in [0.4, 0.5) is 24.7 Å². The largest absolute Gasteiger partial charge is 0.467 e. The summed E-state index contributed by atoms with van der Waals surface area (Å²) < 4.78 is 46.9. The van der Waals surface area contributed by atoms with Crippen molar-refractivity contribution in [1.82, 2.24) is 9.78 Å². The lowest BCUT2D eigenvalue weighted by atomic mass is 10.0. The minimum Gasteiger partial charge on any atom is -0.467 e. The maximum absolute atomic E-state index is 13.6. The Kier molecular flexibility index (Phi) is 4.95. The van der Waals surface area contributed by atoms with Gasteiger partial charge in [0.15, 0.2) is 6.04 Å². The number of fused-ring (bicyclic) bond motifs is 1. The molecule has 0 spiro atoms. The number of rotatable bonds is 3. The average Bonchev–Trinajstić information content (AvgIpc) is 3.31. The molecular formula is C18H13Cl2F3N4O2. The molecule has 0 saturated heterocycles. The number of furan rings is 1. The topological polar surface area (TPSA) is 72.1 Å². The first-order chi connectivity index (χ1) is 13.7. The minimum absolute atomic E-state index is 0.0532. The van der Waals surface area contributed by atoms with Gasteiger partial charge < -0.3 is 15.1 Å². The number of anilines is 2. The van der Waals surface area contributed by atoms with Crippen molar-refractivity contribution in [2.24, 2.45) is 0 Å². The molecular weight excluding hydrogens is 432 g/mol. The Morgan fingerprint density at radius 3 is 2.76 bits per heavy atom. The summed E-state index contributed by atoms with van der Waals surface area (Å²) in [5.41, 5.74) is 0.216. The fourth-order valence-electron chi connectivity index (χ4n) is 3.19. The van der Waals surface area contributed by atoms with Gasteiger partial charge in [0, 0.05) is 11.4 Å². The molecule has 0 saturated carbocycles. The van der Waals surface area contributed by atoms with Crippen molar-refractivity contribution < 1.29 is 22.4 Å². The van der Waals surface area contributed by atoms with Crippen molar-refractivity contribution in [3.05, 3.63) is 64.2 Å². The zero-order valence-electron chi connectivity index (χ0n) is 14.5. The van der Waals surface area contributed by atoms with E-state index in [4.69, 9.17) is 27.6 Å². The number of nitrogens with one attached hydrogen (secondary N) is 2. The molecule has 1 aromatic carbocycles. The van der Waals surface area contributed by atoms with Crippen LogP contribution in [0.25, 0.3) is 0 Å². The third kappa shape index (κ3) is 3.79. The zero-order chi connectivity index (χ0) is 20.8. The number of nitrogens with zero attached hydrogens (tertiary/aromatic N) is 2. The molecule has 152 valence electrons. The van der Waals surface area contributed by atoms with Crippen LogP contribution < -0.4 is 10.6 Å². The molecule has 6 nitrogen and oxygen atoms in total. The Hall–Kier alpha value is -2.65. The van der Waals surface area contributed by atoms with E-state index in [9.17, 15) is 18.0 Å². The molecule has 1 aliphatic rings. The van der Waals surface area contributed by atoms with Crippen molar-refractivity contribution in [3.63, 3.8) is 0 Å². The monoisotopic (exact) mass is 444 g/mol. The maximum atomic E-state index is 13.6. The Labute approximate surface area is 172 Å². The van der Waals surface area contributed by atoms with E-state index in [1.54, 1.807) is 12.1 Å². The van der Waals surface area contributed by atoms with Crippen LogP contribution in [0.2, 0.25) is 10.0 Å². The molecule has 2 atom stereocenters. The second kappa shape index (κ2) is 7.31. The van der Waals surface area contributed by atoms with Gasteiger partial charge in [-0.25, -0.2) is 4.68 Å². The van der Waals surface area contributed by atoms with Gasteiger partial charge in [0.1, 0.15) is 17.1 Å². The Morgan fingerprint density at radius 1 is 1.31 bits per heavy atom. The number of halogens is 5. The number of carbonyl (C=O) groups is 1. The molecule has 3 heterocycles. The summed E-state index contributed by atoms with van der Waals surface area (Å²) in [5.74, 6) is -0.384. The predicted octanol–water partition coefficient (Wildman–Crippen LogP) is 5.70. The molecule has 4 rings (SSSR count). The minimum atomic E-state index is -4.55. The lowest BCUT2D eigenvalue weighted by Crippen LogP contribution is -2.36. The van der Waals surface area contributed by atoms with Crippen molar-refractivity contribution in [2.75, 3.05) is 10.6 Å². The van der Waals surface area contributed by atoms with Crippen molar-refractivity contribution >= 4 is 40.6 Å². The quantitative estimate of drug-likeness (QED) is 0.543. The molecule has 0 fully saturated rings. The molecule has 0 aliphatic carbocycles. The number of aromatic nitrogens is 2. The molecule has 2 N–H and O–H groups in total. The van der Waals surface area contributed by atoms with Crippen LogP contribution in [0, 0.1) is 0 Å². The Bertz CT molecular complexity index is 1050. The lowest BCUT2D eigenvalue weighted by molar-refractivity contribution is -0.174. The summed E-state index contributed by atoms with van der Waals surface area (Å²) in [6, 6.07) is 4.95. The summed E-state index contributed by atoms with van der Waals surface area (Å²) in [5, 5.41) is 9.88. The van der Waals surface area contributed by atoms with E-state index < -0.39 is 24.2 Å². The first-order valence-electron chi connectivity index (χ1n) is 8.44. The van der Waals surface area contributed by atoms with Gasteiger partial charge in [0.05, 0.1) is 29.2 Å². The summed E-state index contributed by atoms with van der Waals surface area (Å²) in [6.07, 6.45) is -2.41. The predicted molar refractivity (Wildman–Crippen MR) is 101 cm³/mol. The molecule has 2 aromatic heterocycles. The third-order valence-electron chi connectivity index (χ3n) is 4.55. The van der Waals surface area contributed by atoms with Gasteiger partial charge in [0.25, 0.3) is 5.91 Å². The fourth-order valence-corrected chi connectivity index (χ4v) is 3.64. The first kappa shape index (κ1) is 19.7. The number of hydrogen-bond donors (Lipinski definition) is 2. The SMILES string of the molecule is O=C(Nc1ccc(Cl)cc1Cl)c1cnn2c1NC(c1ccco1)CC2C(F)(F)F. The van der Waals surface area contributed by atoms with Crippen molar-refractivity contribution in [3.8, 4) is 0 Å². The van der Waals surface area contributed by atoms with Crippen LogP contribution in [0.15, 0.2) is 47.2 Å². The molecule has 1 aliphatic heterocycles. The maximum Gasteiger partial charge on any atom is 0.410 e. The van der Waals surface area contributed by atoms with Crippen molar-refractivity contribution in [1.29, 1.82) is 0 Å². The van der Waals surface area contributed by atoms with E-state index in [1.807, 2.05) is 0 Å². The molecule has 11 heteroatoms. The standard InChI is InChI=1S/C18H13Cl2F3N4O2/c19-9-3-4-12(11(20)6-9)26-17(28)10-8-24-27-15(18(21,22)23)7-13(25-16(10)27)14-2-1-5-29-14/h1-6,8,13,15,25H,7H2,(H,26,28). The highest BCUT2D eigenvalue weighted by Crippen LogP contribution is 2.44. The molecule has 2 unspecified atom stereocenters. The van der Waals surface area contributed by atoms with Crippen LogP contribution in [0.3, 0.4) is 0 Å². The summed E-state index contributed by atoms with van der Waals surface area (Å²) >= 11 is 11.9. The normalized spacial score (nSPS) is 18.8. The van der Waals surface area contributed by atoms with Crippen LogP contribution in [-0.4, -0.2) is 21.9 Å². The van der Waals surface area contributed by atoms with E-state index in [-0.39, 0.29) is 28.5 Å². The van der Waals surface area contributed by atoms with Gasteiger partial charge in [-0.05, 0) is 30.3 Å². The van der Waals surface area contributed by atoms with Gasteiger partial charge in [-0.2, -0.15) is 18.3 Å². The van der Waals surface area contributed by atoms with Crippen molar-refractivity contribution in [2.45, 2.75) is 24.7 Å².